The predicted octanol–water partition coefficient (Wildman–Crippen LogP) is 3.24. The second-order valence-electron chi connectivity index (χ2n) is 5.40. The molecule has 2 N–H and O–H groups in total. The second-order valence-corrected chi connectivity index (χ2v) is 5.40. The molecule has 0 amide bonds. The topological polar surface area (TPSA) is 29.3 Å². The lowest BCUT2D eigenvalue weighted by Crippen LogP contribution is -2.29. The lowest BCUT2D eigenvalue weighted by Gasteiger charge is -2.25. The predicted molar refractivity (Wildman–Crippen MR) is 80.1 cm³/mol. The molecular formula is C17H19FN2. The van der Waals surface area contributed by atoms with Crippen molar-refractivity contribution < 1.29 is 4.39 Å². The first-order valence-electron chi connectivity index (χ1n) is 7.01. The Labute approximate surface area is 119 Å². The van der Waals surface area contributed by atoms with Crippen molar-refractivity contribution in [2.75, 3.05) is 4.90 Å². The highest BCUT2D eigenvalue weighted by atomic mass is 19.1. The van der Waals surface area contributed by atoms with Crippen LogP contribution in [0.15, 0.2) is 42.5 Å². The van der Waals surface area contributed by atoms with Gasteiger partial charge in [-0.2, -0.15) is 0 Å². The van der Waals surface area contributed by atoms with Crippen molar-refractivity contribution in [2.24, 2.45) is 5.73 Å². The lowest BCUT2D eigenvalue weighted by molar-refractivity contribution is 0.580. The van der Waals surface area contributed by atoms with Crippen LogP contribution in [0.3, 0.4) is 0 Å². The molecular weight excluding hydrogens is 251 g/mol. The molecule has 0 aromatic heterocycles. The van der Waals surface area contributed by atoms with Crippen LogP contribution in [0.2, 0.25) is 0 Å². The van der Waals surface area contributed by atoms with Crippen LogP contribution in [0.1, 0.15) is 23.6 Å². The molecule has 3 rings (SSSR count). The molecule has 2 aromatic rings. The maximum Gasteiger partial charge on any atom is 0.132 e. The average molecular weight is 270 g/mol. The molecule has 0 aliphatic carbocycles. The van der Waals surface area contributed by atoms with Gasteiger partial charge in [0, 0.05) is 35.9 Å². The molecule has 1 unspecified atom stereocenters. The van der Waals surface area contributed by atoms with E-state index in [1.807, 2.05) is 18.2 Å². The first-order chi connectivity index (χ1) is 9.70. The normalized spacial score (nSPS) is 17.4. The maximum absolute atomic E-state index is 14.3. The van der Waals surface area contributed by atoms with Crippen LogP contribution < -0.4 is 10.6 Å². The Morgan fingerprint density at radius 2 is 1.90 bits per heavy atom. The Morgan fingerprint density at radius 1 is 1.15 bits per heavy atom. The minimum Gasteiger partial charge on any atom is -0.364 e. The fourth-order valence-corrected chi connectivity index (χ4v) is 2.97. The number of nitrogens with two attached hydrogens (primary N) is 1. The summed E-state index contributed by atoms with van der Waals surface area (Å²) in [6.07, 6.45) is 1.02. The van der Waals surface area contributed by atoms with E-state index >= 15 is 0 Å². The number of hydrogen-bond acceptors (Lipinski definition) is 2. The third kappa shape index (κ3) is 2.18. The van der Waals surface area contributed by atoms with Crippen molar-refractivity contribution in [3.05, 3.63) is 65.0 Å². The van der Waals surface area contributed by atoms with E-state index in [1.54, 1.807) is 6.07 Å². The number of para-hydroxylation sites is 1. The quantitative estimate of drug-likeness (QED) is 0.927. The highest BCUT2D eigenvalue weighted by Crippen LogP contribution is 2.33. The fraction of sp³-hybridized carbons (Fsp3) is 0.294. The number of anilines is 1. The molecule has 0 saturated heterocycles. The van der Waals surface area contributed by atoms with E-state index in [4.69, 9.17) is 5.73 Å². The second kappa shape index (κ2) is 5.25. The third-order valence-electron chi connectivity index (χ3n) is 4.07. The molecule has 20 heavy (non-hydrogen) atoms. The molecule has 1 atom stereocenters. The van der Waals surface area contributed by atoms with Crippen molar-refractivity contribution in [3.63, 3.8) is 0 Å². The van der Waals surface area contributed by atoms with Crippen LogP contribution in [-0.4, -0.2) is 6.04 Å². The third-order valence-corrected chi connectivity index (χ3v) is 4.07. The van der Waals surface area contributed by atoms with E-state index in [-0.39, 0.29) is 12.4 Å². The molecule has 3 heteroatoms. The monoisotopic (exact) mass is 270 g/mol. The van der Waals surface area contributed by atoms with Gasteiger partial charge in [-0.15, -0.1) is 0 Å². The molecule has 0 fully saturated rings. The van der Waals surface area contributed by atoms with E-state index in [9.17, 15) is 4.39 Å². The number of nitrogens with zero attached hydrogens (tertiary/aromatic N) is 1. The molecule has 0 spiro atoms. The van der Waals surface area contributed by atoms with Crippen molar-refractivity contribution >= 4 is 5.69 Å². The summed E-state index contributed by atoms with van der Waals surface area (Å²) in [6, 6.07) is 14.2. The first kappa shape index (κ1) is 13.1. The molecule has 2 aromatic carbocycles. The number of hydrogen-bond donors (Lipinski definition) is 1. The molecule has 0 saturated carbocycles. The van der Waals surface area contributed by atoms with E-state index in [0.29, 0.717) is 18.2 Å². The molecule has 2 nitrogen and oxygen atoms in total. The first-order valence-corrected chi connectivity index (χ1v) is 7.01. The largest absolute Gasteiger partial charge is 0.364 e. The molecule has 1 aliphatic heterocycles. The Morgan fingerprint density at radius 3 is 2.70 bits per heavy atom. The van der Waals surface area contributed by atoms with E-state index in [2.05, 4.69) is 30.0 Å². The van der Waals surface area contributed by atoms with Gasteiger partial charge >= 0.3 is 0 Å². The summed E-state index contributed by atoms with van der Waals surface area (Å²) in [7, 11) is 0. The van der Waals surface area contributed by atoms with Gasteiger partial charge in [0.05, 0.1) is 0 Å². The lowest BCUT2D eigenvalue weighted by atomic mass is 10.1. The fourth-order valence-electron chi connectivity index (χ4n) is 2.97. The summed E-state index contributed by atoms with van der Waals surface area (Å²) >= 11 is 0. The van der Waals surface area contributed by atoms with Crippen molar-refractivity contribution in [1.82, 2.24) is 0 Å². The summed E-state index contributed by atoms with van der Waals surface area (Å²) < 4.78 is 14.3. The van der Waals surface area contributed by atoms with Crippen molar-refractivity contribution in [3.8, 4) is 0 Å². The van der Waals surface area contributed by atoms with Crippen LogP contribution >= 0.6 is 0 Å². The number of rotatable bonds is 3. The Hall–Kier alpha value is -1.87. The summed E-state index contributed by atoms with van der Waals surface area (Å²) in [5, 5.41) is 0. The van der Waals surface area contributed by atoms with Crippen LogP contribution in [0.5, 0.6) is 0 Å². The van der Waals surface area contributed by atoms with E-state index in [1.165, 1.54) is 11.3 Å². The van der Waals surface area contributed by atoms with Crippen LogP contribution in [0.4, 0.5) is 10.1 Å². The SMILES string of the molecule is CC1Cc2ccccc2N1Cc1cccc(CN)c1F. The molecule has 1 aliphatic rings. The van der Waals surface area contributed by atoms with Gasteiger partial charge in [0.2, 0.25) is 0 Å². The Bertz CT molecular complexity index is 624. The summed E-state index contributed by atoms with van der Waals surface area (Å²) in [5.74, 6) is -0.161. The van der Waals surface area contributed by atoms with Gasteiger partial charge in [0.15, 0.2) is 0 Å². The highest BCUT2D eigenvalue weighted by Gasteiger charge is 2.26. The highest BCUT2D eigenvalue weighted by molar-refractivity contribution is 5.59. The van der Waals surface area contributed by atoms with Gasteiger partial charge in [0.1, 0.15) is 5.82 Å². The summed E-state index contributed by atoms with van der Waals surface area (Å²) in [4.78, 5) is 2.27. The van der Waals surface area contributed by atoms with Gasteiger partial charge in [-0.25, -0.2) is 4.39 Å². The Kier molecular flexibility index (Phi) is 3.45. The smallest absolute Gasteiger partial charge is 0.132 e. The van der Waals surface area contributed by atoms with Crippen molar-refractivity contribution in [2.45, 2.75) is 32.5 Å². The van der Waals surface area contributed by atoms with Gasteiger partial charge in [-0.1, -0.05) is 36.4 Å². The van der Waals surface area contributed by atoms with Crippen LogP contribution in [0.25, 0.3) is 0 Å². The van der Waals surface area contributed by atoms with Gasteiger partial charge in [-0.05, 0) is 25.0 Å². The van der Waals surface area contributed by atoms with Gasteiger partial charge in [0.25, 0.3) is 0 Å². The van der Waals surface area contributed by atoms with E-state index < -0.39 is 0 Å². The number of halogens is 1. The number of benzene rings is 2. The zero-order chi connectivity index (χ0) is 14.1. The molecule has 0 radical (unpaired) electrons. The molecule has 0 bridgehead atoms. The van der Waals surface area contributed by atoms with Crippen LogP contribution in [0, 0.1) is 5.82 Å². The van der Waals surface area contributed by atoms with Gasteiger partial charge < -0.3 is 10.6 Å². The molecule has 104 valence electrons. The zero-order valence-electron chi connectivity index (χ0n) is 11.6. The summed E-state index contributed by atoms with van der Waals surface area (Å²) in [5.41, 5.74) is 9.45. The number of fused-ring (bicyclic) bond motifs is 1. The molecule has 1 heterocycles. The maximum atomic E-state index is 14.3. The Balaban J connectivity index is 1.92. The minimum absolute atomic E-state index is 0.161. The van der Waals surface area contributed by atoms with Gasteiger partial charge in [-0.3, -0.25) is 0 Å². The average Bonchev–Trinajstić information content (AvgIpc) is 2.77. The minimum atomic E-state index is -0.161. The standard InChI is InChI=1S/C17H19FN2/c1-12-9-13-5-2-3-8-16(13)20(12)11-15-7-4-6-14(10-19)17(15)18/h2-8,12H,9-11,19H2,1H3. The zero-order valence-corrected chi connectivity index (χ0v) is 11.6. The van der Waals surface area contributed by atoms with Crippen molar-refractivity contribution in [1.29, 1.82) is 0 Å². The summed E-state index contributed by atoms with van der Waals surface area (Å²) in [6.45, 7) is 3.02. The van der Waals surface area contributed by atoms with Crippen LogP contribution in [-0.2, 0) is 19.5 Å². The van der Waals surface area contributed by atoms with E-state index in [0.717, 1.165) is 12.0 Å².